The van der Waals surface area contributed by atoms with Gasteiger partial charge in [0.15, 0.2) is 5.78 Å². The number of hydrogen-bond donors (Lipinski definition) is 6. The average Bonchev–Trinajstić information content (AvgIpc) is 3.13. The highest BCUT2D eigenvalue weighted by Crippen LogP contribution is 2.20. The lowest BCUT2D eigenvalue weighted by molar-refractivity contribution is -0.146. The van der Waals surface area contributed by atoms with Gasteiger partial charge in [0.2, 0.25) is 11.8 Å². The van der Waals surface area contributed by atoms with Crippen LogP contribution in [0, 0.1) is 17.8 Å². The minimum atomic E-state index is -1.35. The van der Waals surface area contributed by atoms with Gasteiger partial charge in [0, 0.05) is 57.4 Å². The van der Waals surface area contributed by atoms with E-state index >= 15 is 0 Å². The van der Waals surface area contributed by atoms with Gasteiger partial charge in [-0.3, -0.25) is 38.4 Å². The molecule has 55 heavy (non-hydrogen) atoms. The standard InChI is InChI=1S/C41H54N2O11S/c1-27(55)10-8-16-36(46)35(23-29-13-6-3-7-14-29)43-39(50)32(22-28-11-4-2-5-12-28)26-33(44)15-9-21-42-37(47)19-17-30(40(51)52)24-34(45)25-31(41(53)54)18-20-38(48)49/h2-7,11-14,27,30-32,35,55H,8-10,15-26H2,1H3,(H,42,47)(H,43,50)(H,48,49)(H,51,52)(H,53,54)/t27?,30-,31-,32-,35+/m1/s1. The average molecular weight is 783 g/mol. The number of hydrogen-bond acceptors (Lipinski definition) is 9. The molecule has 2 aromatic rings. The van der Waals surface area contributed by atoms with Gasteiger partial charge in [-0.15, -0.1) is 0 Å². The number of amides is 2. The molecule has 0 aliphatic heterocycles. The maximum absolute atomic E-state index is 13.8. The molecule has 0 aliphatic rings. The van der Waals surface area contributed by atoms with E-state index in [0.29, 0.717) is 12.8 Å². The highest BCUT2D eigenvalue weighted by atomic mass is 32.1. The summed E-state index contributed by atoms with van der Waals surface area (Å²) in [5, 5.41) is 33.4. The van der Waals surface area contributed by atoms with Crippen molar-refractivity contribution in [3.63, 3.8) is 0 Å². The summed E-state index contributed by atoms with van der Waals surface area (Å²) in [4.78, 5) is 99.1. The van der Waals surface area contributed by atoms with E-state index in [-0.39, 0.29) is 74.7 Å². The number of rotatable bonds is 29. The molecule has 0 bridgehead atoms. The van der Waals surface area contributed by atoms with E-state index in [0.717, 1.165) is 17.5 Å². The van der Waals surface area contributed by atoms with Crippen LogP contribution in [0.1, 0.15) is 95.1 Å². The quantitative estimate of drug-likeness (QED) is 0.0482. The third kappa shape index (κ3) is 19.9. The number of aliphatic carboxylic acids is 3. The highest BCUT2D eigenvalue weighted by Gasteiger charge is 2.29. The Hall–Kier alpha value is -4.85. The molecule has 13 nitrogen and oxygen atoms in total. The number of carboxylic acids is 3. The van der Waals surface area contributed by atoms with Crippen LogP contribution in [0.5, 0.6) is 0 Å². The Kier molecular flexibility index (Phi) is 21.3. The first-order valence-electron chi connectivity index (χ1n) is 18.7. The summed E-state index contributed by atoms with van der Waals surface area (Å²) in [5.74, 6) is -8.95. The summed E-state index contributed by atoms with van der Waals surface area (Å²) >= 11 is 4.40. The summed E-state index contributed by atoms with van der Waals surface area (Å²) in [6.07, 6.45) is 0.387. The number of benzene rings is 2. The number of carbonyl (C=O) groups excluding carboxylic acids is 5. The van der Waals surface area contributed by atoms with E-state index in [1.54, 1.807) is 0 Å². The van der Waals surface area contributed by atoms with Crippen LogP contribution in [0.2, 0.25) is 0 Å². The SMILES string of the molecule is CC(S)CCCC(=O)[C@H](Cc1ccccc1)NC(=O)[C@@H](CC(=O)CCCNC(=O)CC[C@H](CC(=O)C[C@@H](CCC(=O)O)C(=O)O)C(=O)O)Cc1ccccc1. The fraction of sp³-hybridized carbons (Fsp3) is 0.512. The highest BCUT2D eigenvalue weighted by molar-refractivity contribution is 7.80. The molecule has 14 heteroatoms. The second-order valence-corrected chi connectivity index (χ2v) is 14.9. The Morgan fingerprint density at radius 1 is 0.618 bits per heavy atom. The van der Waals surface area contributed by atoms with Gasteiger partial charge in [-0.2, -0.15) is 12.6 Å². The molecule has 2 amide bonds. The van der Waals surface area contributed by atoms with Gasteiger partial charge in [0.1, 0.15) is 11.6 Å². The number of thiol groups is 1. The second kappa shape index (κ2) is 25.3. The van der Waals surface area contributed by atoms with Crippen LogP contribution < -0.4 is 10.6 Å². The monoisotopic (exact) mass is 782 g/mol. The van der Waals surface area contributed by atoms with Crippen LogP contribution in [-0.2, 0) is 51.2 Å². The van der Waals surface area contributed by atoms with Crippen LogP contribution in [-0.4, -0.2) is 80.2 Å². The zero-order chi connectivity index (χ0) is 40.8. The Bertz CT molecular complexity index is 1580. The van der Waals surface area contributed by atoms with Gasteiger partial charge < -0.3 is 26.0 Å². The van der Waals surface area contributed by atoms with Crippen molar-refractivity contribution in [2.75, 3.05) is 6.54 Å². The molecule has 0 aliphatic carbocycles. The molecule has 0 heterocycles. The Labute approximate surface area is 327 Å². The van der Waals surface area contributed by atoms with Crippen molar-refractivity contribution in [3.05, 3.63) is 71.8 Å². The summed E-state index contributed by atoms with van der Waals surface area (Å²) in [6.45, 7) is 2.07. The smallest absolute Gasteiger partial charge is 0.306 e. The molecular formula is C41H54N2O11S. The van der Waals surface area contributed by atoms with Gasteiger partial charge >= 0.3 is 17.9 Å². The van der Waals surface area contributed by atoms with Crippen LogP contribution in [0.15, 0.2) is 60.7 Å². The topological polar surface area (TPSA) is 221 Å². The molecular weight excluding hydrogens is 729 g/mol. The van der Waals surface area contributed by atoms with E-state index in [9.17, 15) is 48.6 Å². The lowest BCUT2D eigenvalue weighted by atomic mass is 9.90. The molecule has 2 aromatic carbocycles. The summed E-state index contributed by atoms with van der Waals surface area (Å²) in [6, 6.07) is 17.9. The van der Waals surface area contributed by atoms with E-state index in [4.69, 9.17) is 5.11 Å². The van der Waals surface area contributed by atoms with Crippen molar-refractivity contribution in [3.8, 4) is 0 Å². The zero-order valence-corrected chi connectivity index (χ0v) is 32.2. The van der Waals surface area contributed by atoms with E-state index in [1.165, 1.54) is 0 Å². The summed E-state index contributed by atoms with van der Waals surface area (Å²) < 4.78 is 0. The van der Waals surface area contributed by atoms with Crippen molar-refractivity contribution >= 4 is 59.7 Å². The predicted molar refractivity (Wildman–Crippen MR) is 207 cm³/mol. The van der Waals surface area contributed by atoms with Crippen molar-refractivity contribution in [2.45, 2.75) is 108 Å². The van der Waals surface area contributed by atoms with Crippen LogP contribution in [0.4, 0.5) is 0 Å². The summed E-state index contributed by atoms with van der Waals surface area (Å²) in [5.41, 5.74) is 1.75. The van der Waals surface area contributed by atoms with Crippen LogP contribution in [0.3, 0.4) is 0 Å². The predicted octanol–water partition coefficient (Wildman–Crippen LogP) is 4.88. The molecule has 0 radical (unpaired) electrons. The lowest BCUT2D eigenvalue weighted by Crippen LogP contribution is -2.45. The molecule has 2 rings (SSSR count). The second-order valence-electron chi connectivity index (χ2n) is 14.0. The molecule has 1 unspecified atom stereocenters. The molecule has 5 atom stereocenters. The zero-order valence-electron chi connectivity index (χ0n) is 31.3. The molecule has 0 saturated carbocycles. The van der Waals surface area contributed by atoms with Gasteiger partial charge in [0.05, 0.1) is 17.9 Å². The normalized spacial score (nSPS) is 13.7. The molecule has 0 saturated heterocycles. The fourth-order valence-corrected chi connectivity index (χ4v) is 6.31. The van der Waals surface area contributed by atoms with Gasteiger partial charge in [-0.05, 0) is 61.3 Å². The number of nitrogens with one attached hydrogen (secondary N) is 2. The fourth-order valence-electron chi connectivity index (χ4n) is 6.13. The first-order chi connectivity index (χ1) is 26.1. The minimum absolute atomic E-state index is 0.0615. The number of Topliss-reactive ketones (excluding diaryl/α,β-unsaturated/α-hetero) is 3. The van der Waals surface area contributed by atoms with Crippen LogP contribution >= 0.6 is 12.6 Å². The van der Waals surface area contributed by atoms with Crippen molar-refractivity contribution < 1.29 is 53.7 Å². The van der Waals surface area contributed by atoms with E-state index in [1.807, 2.05) is 67.6 Å². The minimum Gasteiger partial charge on any atom is -0.481 e. The van der Waals surface area contributed by atoms with Crippen molar-refractivity contribution in [2.24, 2.45) is 17.8 Å². The summed E-state index contributed by atoms with van der Waals surface area (Å²) in [7, 11) is 0. The Balaban J connectivity index is 1.94. The van der Waals surface area contributed by atoms with E-state index < -0.39 is 78.6 Å². The number of ketones is 3. The third-order valence-electron chi connectivity index (χ3n) is 9.23. The molecule has 0 spiro atoms. The van der Waals surface area contributed by atoms with Gasteiger partial charge in [-0.25, -0.2) is 0 Å². The maximum Gasteiger partial charge on any atom is 0.306 e. The van der Waals surface area contributed by atoms with E-state index in [2.05, 4.69) is 23.3 Å². The number of carboxylic acid groups (broad SMARTS) is 3. The molecule has 0 aromatic heterocycles. The van der Waals surface area contributed by atoms with Crippen molar-refractivity contribution in [1.82, 2.24) is 10.6 Å². The largest absolute Gasteiger partial charge is 0.481 e. The Morgan fingerprint density at radius 3 is 1.67 bits per heavy atom. The molecule has 5 N–H and O–H groups in total. The van der Waals surface area contributed by atoms with Crippen molar-refractivity contribution in [1.29, 1.82) is 0 Å². The Morgan fingerprint density at radius 2 is 1.15 bits per heavy atom. The third-order valence-corrected chi connectivity index (χ3v) is 9.49. The number of carbonyl (C=O) groups is 8. The molecule has 300 valence electrons. The lowest BCUT2D eigenvalue weighted by Gasteiger charge is -2.22. The van der Waals surface area contributed by atoms with Gasteiger partial charge in [0.25, 0.3) is 0 Å². The van der Waals surface area contributed by atoms with Gasteiger partial charge in [-0.1, -0.05) is 67.6 Å². The van der Waals surface area contributed by atoms with Crippen LogP contribution in [0.25, 0.3) is 0 Å². The first kappa shape index (κ1) is 46.3. The first-order valence-corrected chi connectivity index (χ1v) is 19.2. The maximum atomic E-state index is 13.8. The molecule has 0 fully saturated rings.